The molecule has 0 aliphatic rings. The molecule has 0 unspecified atom stereocenters. The van der Waals surface area contributed by atoms with Gasteiger partial charge in [-0.1, -0.05) is 0 Å². The fraction of sp³-hybridized carbons (Fsp3) is 0.833. The summed E-state index contributed by atoms with van der Waals surface area (Å²) >= 11 is 0. The molecule has 0 radical (unpaired) electrons. The molecule has 2 N–H and O–H groups in total. The molecule has 0 aromatic carbocycles. The van der Waals surface area contributed by atoms with Crippen molar-refractivity contribution >= 4 is 5.91 Å². The van der Waals surface area contributed by atoms with E-state index >= 15 is 0 Å². The molecule has 0 aliphatic heterocycles. The highest BCUT2D eigenvalue weighted by Crippen LogP contribution is 2.18. The summed E-state index contributed by atoms with van der Waals surface area (Å²) < 4.78 is 34.5. The third-order valence-corrected chi connectivity index (χ3v) is 0.956. The first-order valence-electron chi connectivity index (χ1n) is 3.33. The Morgan fingerprint density at radius 3 is 2.42 bits per heavy atom. The standard InChI is InChI=1S/C6H10F3NO2/c1-4(11)3-10-5(12)2-6(7,8)9/h4,11H,2-3H2,1H3,(H,10,12)/t4-/m0/s1. The van der Waals surface area contributed by atoms with E-state index in [1.165, 1.54) is 6.92 Å². The lowest BCUT2D eigenvalue weighted by Gasteiger charge is -2.08. The summed E-state index contributed by atoms with van der Waals surface area (Å²) in [7, 11) is 0. The molecule has 1 amide bonds. The Balaban J connectivity index is 3.61. The van der Waals surface area contributed by atoms with Gasteiger partial charge in [0.2, 0.25) is 5.91 Å². The Bertz CT molecular complexity index is 155. The monoisotopic (exact) mass is 185 g/mol. The minimum absolute atomic E-state index is 0.158. The second-order valence-electron chi connectivity index (χ2n) is 2.45. The highest BCUT2D eigenvalue weighted by Gasteiger charge is 2.30. The lowest BCUT2D eigenvalue weighted by Crippen LogP contribution is -2.33. The van der Waals surface area contributed by atoms with Crippen LogP contribution in [-0.2, 0) is 4.79 Å². The lowest BCUT2D eigenvalue weighted by atomic mass is 10.3. The summed E-state index contributed by atoms with van der Waals surface area (Å²) in [4.78, 5) is 10.4. The highest BCUT2D eigenvalue weighted by atomic mass is 19.4. The molecule has 0 rings (SSSR count). The number of halogens is 3. The van der Waals surface area contributed by atoms with Crippen LogP contribution in [0.4, 0.5) is 13.2 Å². The molecule has 0 fully saturated rings. The molecular formula is C6H10F3NO2. The van der Waals surface area contributed by atoms with E-state index in [0.717, 1.165) is 0 Å². The van der Waals surface area contributed by atoms with Gasteiger partial charge in [-0.15, -0.1) is 0 Å². The number of nitrogens with one attached hydrogen (secondary N) is 1. The van der Waals surface area contributed by atoms with Crippen LogP contribution in [0.3, 0.4) is 0 Å². The average Bonchev–Trinajstić information content (AvgIpc) is 1.79. The van der Waals surface area contributed by atoms with Crippen molar-refractivity contribution in [2.24, 2.45) is 0 Å². The minimum Gasteiger partial charge on any atom is -0.392 e. The van der Waals surface area contributed by atoms with E-state index in [0.29, 0.717) is 0 Å². The van der Waals surface area contributed by atoms with E-state index in [1.807, 2.05) is 5.32 Å². The molecule has 3 nitrogen and oxygen atoms in total. The minimum atomic E-state index is -4.48. The van der Waals surface area contributed by atoms with Gasteiger partial charge < -0.3 is 10.4 Å². The van der Waals surface area contributed by atoms with Gasteiger partial charge in [-0.05, 0) is 6.92 Å². The third-order valence-electron chi connectivity index (χ3n) is 0.956. The predicted molar refractivity (Wildman–Crippen MR) is 35.4 cm³/mol. The Kier molecular flexibility index (Phi) is 4.02. The van der Waals surface area contributed by atoms with Gasteiger partial charge in [0.1, 0.15) is 6.42 Å². The highest BCUT2D eigenvalue weighted by molar-refractivity contribution is 5.76. The van der Waals surface area contributed by atoms with Gasteiger partial charge in [0.15, 0.2) is 0 Å². The Morgan fingerprint density at radius 2 is 2.08 bits per heavy atom. The lowest BCUT2D eigenvalue weighted by molar-refractivity contribution is -0.154. The molecule has 0 aliphatic carbocycles. The fourth-order valence-corrected chi connectivity index (χ4v) is 0.506. The number of aliphatic hydroxyl groups excluding tert-OH is 1. The topological polar surface area (TPSA) is 49.3 Å². The van der Waals surface area contributed by atoms with Crippen LogP contribution < -0.4 is 5.32 Å². The normalized spacial score (nSPS) is 14.1. The zero-order valence-corrected chi connectivity index (χ0v) is 6.48. The van der Waals surface area contributed by atoms with Crippen molar-refractivity contribution in [2.75, 3.05) is 6.54 Å². The molecule has 0 aromatic heterocycles. The number of aliphatic hydroxyl groups is 1. The predicted octanol–water partition coefficient (Wildman–Crippen LogP) is 0.436. The van der Waals surface area contributed by atoms with Gasteiger partial charge >= 0.3 is 6.18 Å². The molecule has 0 saturated carbocycles. The molecule has 0 bridgehead atoms. The zero-order valence-electron chi connectivity index (χ0n) is 6.48. The summed E-state index contributed by atoms with van der Waals surface area (Å²) in [6.45, 7) is 1.21. The van der Waals surface area contributed by atoms with Crippen LogP contribution in [0.15, 0.2) is 0 Å². The molecule has 0 saturated heterocycles. The van der Waals surface area contributed by atoms with Crippen molar-refractivity contribution in [1.82, 2.24) is 5.32 Å². The van der Waals surface area contributed by atoms with E-state index in [4.69, 9.17) is 5.11 Å². The van der Waals surface area contributed by atoms with Gasteiger partial charge in [-0.25, -0.2) is 0 Å². The van der Waals surface area contributed by atoms with Gasteiger partial charge in [0, 0.05) is 6.54 Å². The number of alkyl halides is 3. The van der Waals surface area contributed by atoms with Crippen molar-refractivity contribution in [2.45, 2.75) is 25.6 Å². The number of hydrogen-bond donors (Lipinski definition) is 2. The maximum absolute atomic E-state index is 11.5. The van der Waals surface area contributed by atoms with E-state index in [-0.39, 0.29) is 6.54 Å². The van der Waals surface area contributed by atoms with Gasteiger partial charge in [-0.3, -0.25) is 4.79 Å². The molecule has 6 heteroatoms. The molecule has 1 atom stereocenters. The SMILES string of the molecule is C[C@H](O)CNC(=O)CC(F)(F)F. The summed E-state index contributed by atoms with van der Waals surface area (Å²) in [6.07, 6.45) is -6.81. The summed E-state index contributed by atoms with van der Waals surface area (Å²) in [5.41, 5.74) is 0. The first-order valence-corrected chi connectivity index (χ1v) is 3.33. The summed E-state index contributed by atoms with van der Waals surface area (Å²) in [6, 6.07) is 0. The van der Waals surface area contributed by atoms with Crippen LogP contribution in [0.2, 0.25) is 0 Å². The molecule has 0 heterocycles. The van der Waals surface area contributed by atoms with E-state index in [2.05, 4.69) is 0 Å². The quantitative estimate of drug-likeness (QED) is 0.670. The number of carbonyl (C=O) groups excluding carboxylic acids is 1. The van der Waals surface area contributed by atoms with Gasteiger partial charge in [-0.2, -0.15) is 13.2 Å². The van der Waals surface area contributed by atoms with Crippen LogP contribution in [0.5, 0.6) is 0 Å². The van der Waals surface area contributed by atoms with Crippen LogP contribution in [-0.4, -0.2) is 29.8 Å². The van der Waals surface area contributed by atoms with Crippen LogP contribution >= 0.6 is 0 Å². The fourth-order valence-electron chi connectivity index (χ4n) is 0.506. The first kappa shape index (κ1) is 11.2. The maximum Gasteiger partial charge on any atom is 0.397 e. The van der Waals surface area contributed by atoms with Crippen molar-refractivity contribution in [3.05, 3.63) is 0 Å². The molecule has 0 spiro atoms. The number of rotatable bonds is 3. The van der Waals surface area contributed by atoms with Crippen molar-refractivity contribution in [1.29, 1.82) is 0 Å². The maximum atomic E-state index is 11.5. The number of amides is 1. The molecule has 72 valence electrons. The first-order chi connectivity index (χ1) is 5.31. The second-order valence-corrected chi connectivity index (χ2v) is 2.45. The van der Waals surface area contributed by atoms with Crippen LogP contribution in [0, 0.1) is 0 Å². The van der Waals surface area contributed by atoms with Crippen LogP contribution in [0.1, 0.15) is 13.3 Å². The summed E-state index contributed by atoms with van der Waals surface area (Å²) in [5, 5.41) is 10.5. The summed E-state index contributed by atoms with van der Waals surface area (Å²) in [5.74, 6) is -1.12. The third kappa shape index (κ3) is 7.33. The van der Waals surface area contributed by atoms with Crippen molar-refractivity contribution < 1.29 is 23.1 Å². The molecule has 12 heavy (non-hydrogen) atoms. The number of carbonyl (C=O) groups is 1. The van der Waals surface area contributed by atoms with Gasteiger partial charge in [0.25, 0.3) is 0 Å². The van der Waals surface area contributed by atoms with Crippen molar-refractivity contribution in [3.63, 3.8) is 0 Å². The zero-order chi connectivity index (χ0) is 9.78. The van der Waals surface area contributed by atoms with Crippen molar-refractivity contribution in [3.8, 4) is 0 Å². The number of hydrogen-bond acceptors (Lipinski definition) is 2. The van der Waals surface area contributed by atoms with E-state index < -0.39 is 24.6 Å². The largest absolute Gasteiger partial charge is 0.397 e. The van der Waals surface area contributed by atoms with E-state index in [1.54, 1.807) is 0 Å². The second kappa shape index (κ2) is 4.30. The van der Waals surface area contributed by atoms with Crippen LogP contribution in [0.25, 0.3) is 0 Å². The molecular weight excluding hydrogens is 175 g/mol. The van der Waals surface area contributed by atoms with E-state index in [9.17, 15) is 18.0 Å². The smallest absolute Gasteiger partial charge is 0.392 e. The Labute approximate surface area is 67.6 Å². The Hall–Kier alpha value is -0.780. The molecule has 0 aromatic rings. The van der Waals surface area contributed by atoms with Gasteiger partial charge in [0.05, 0.1) is 6.10 Å². The average molecular weight is 185 g/mol. The Morgan fingerprint density at radius 1 is 1.58 bits per heavy atom.